The summed E-state index contributed by atoms with van der Waals surface area (Å²) in [4.78, 5) is 13.2. The van der Waals surface area contributed by atoms with E-state index in [0.29, 0.717) is 11.3 Å². The van der Waals surface area contributed by atoms with E-state index in [1.165, 1.54) is 19.0 Å². The first kappa shape index (κ1) is 11.9. The van der Waals surface area contributed by atoms with Gasteiger partial charge >= 0.3 is 6.03 Å². The standard InChI is InChI=1S/C10H13N3O3S/c1-12-8-5-3-4-7(6-11)9(8)17(15,16)13(2)10(12)14/h3-5H,6,11H2,1-2H3. The SMILES string of the molecule is CN1C(=O)N(C)S(=O)(=O)c2c(CN)cccc21. The molecule has 0 spiro atoms. The summed E-state index contributed by atoms with van der Waals surface area (Å²) in [5, 5.41) is 0. The zero-order chi connectivity index (χ0) is 12.8. The quantitative estimate of drug-likeness (QED) is 0.784. The van der Waals surface area contributed by atoms with Crippen LogP contribution in [0.5, 0.6) is 0 Å². The van der Waals surface area contributed by atoms with Gasteiger partial charge in [0.2, 0.25) is 0 Å². The molecule has 1 heterocycles. The van der Waals surface area contributed by atoms with E-state index in [0.717, 1.165) is 4.31 Å². The molecule has 1 aromatic rings. The van der Waals surface area contributed by atoms with E-state index in [4.69, 9.17) is 5.73 Å². The Kier molecular flexibility index (Phi) is 2.59. The summed E-state index contributed by atoms with van der Waals surface area (Å²) < 4.78 is 25.1. The molecule has 0 aromatic heterocycles. The van der Waals surface area contributed by atoms with Crippen LogP contribution in [-0.4, -0.2) is 32.8 Å². The molecule has 7 heteroatoms. The molecule has 0 saturated heterocycles. The Morgan fingerprint density at radius 1 is 1.29 bits per heavy atom. The third-order valence-corrected chi connectivity index (χ3v) is 4.70. The maximum Gasteiger partial charge on any atom is 0.337 e. The zero-order valence-corrected chi connectivity index (χ0v) is 10.4. The van der Waals surface area contributed by atoms with Crippen LogP contribution in [0.3, 0.4) is 0 Å². The lowest BCUT2D eigenvalue weighted by Crippen LogP contribution is -2.47. The number of hydrogen-bond donors (Lipinski definition) is 1. The summed E-state index contributed by atoms with van der Waals surface area (Å²) in [5.74, 6) is 0. The minimum Gasteiger partial charge on any atom is -0.326 e. The number of anilines is 1. The van der Waals surface area contributed by atoms with E-state index in [1.54, 1.807) is 18.2 Å². The van der Waals surface area contributed by atoms with Gasteiger partial charge < -0.3 is 5.73 Å². The van der Waals surface area contributed by atoms with Gasteiger partial charge in [0.25, 0.3) is 10.0 Å². The molecule has 17 heavy (non-hydrogen) atoms. The lowest BCUT2D eigenvalue weighted by molar-refractivity contribution is 0.234. The predicted octanol–water partition coefficient (Wildman–Crippen LogP) is 0.336. The summed E-state index contributed by atoms with van der Waals surface area (Å²) in [6.07, 6.45) is 0. The molecule has 2 amide bonds. The number of fused-ring (bicyclic) bond motifs is 1. The minimum atomic E-state index is -3.78. The van der Waals surface area contributed by atoms with Crippen molar-refractivity contribution in [2.75, 3.05) is 19.0 Å². The van der Waals surface area contributed by atoms with Gasteiger partial charge in [-0.1, -0.05) is 12.1 Å². The van der Waals surface area contributed by atoms with Gasteiger partial charge in [-0.05, 0) is 11.6 Å². The van der Waals surface area contributed by atoms with E-state index in [2.05, 4.69) is 0 Å². The van der Waals surface area contributed by atoms with E-state index < -0.39 is 16.1 Å². The van der Waals surface area contributed by atoms with Gasteiger partial charge in [0.05, 0.1) is 5.69 Å². The predicted molar refractivity (Wildman–Crippen MR) is 63.1 cm³/mol. The van der Waals surface area contributed by atoms with Gasteiger partial charge in [-0.2, -0.15) is 0 Å². The Balaban J connectivity index is 2.83. The number of urea groups is 1. The molecule has 2 rings (SSSR count). The molecule has 0 radical (unpaired) electrons. The fourth-order valence-corrected chi connectivity index (χ4v) is 3.40. The van der Waals surface area contributed by atoms with Crippen molar-refractivity contribution in [1.82, 2.24) is 4.31 Å². The van der Waals surface area contributed by atoms with Crippen molar-refractivity contribution in [2.24, 2.45) is 5.73 Å². The number of benzene rings is 1. The maximum absolute atomic E-state index is 12.2. The van der Waals surface area contributed by atoms with Crippen LogP contribution >= 0.6 is 0 Å². The highest BCUT2D eigenvalue weighted by atomic mass is 32.2. The average Bonchev–Trinajstić information content (AvgIpc) is 2.33. The van der Waals surface area contributed by atoms with Crippen molar-refractivity contribution in [3.63, 3.8) is 0 Å². The van der Waals surface area contributed by atoms with Crippen molar-refractivity contribution in [2.45, 2.75) is 11.4 Å². The molecule has 0 bridgehead atoms. The summed E-state index contributed by atoms with van der Waals surface area (Å²) in [5.41, 5.74) is 6.41. The second kappa shape index (κ2) is 3.71. The molecule has 0 fully saturated rings. The molecule has 1 aliphatic rings. The number of sulfonamides is 1. The Bertz CT molecular complexity index is 582. The lowest BCUT2D eigenvalue weighted by Gasteiger charge is -2.32. The molecule has 2 N–H and O–H groups in total. The van der Waals surface area contributed by atoms with Crippen LogP contribution in [0.2, 0.25) is 0 Å². The van der Waals surface area contributed by atoms with Crippen LogP contribution in [0.4, 0.5) is 10.5 Å². The molecule has 0 saturated carbocycles. The van der Waals surface area contributed by atoms with Crippen molar-refractivity contribution >= 4 is 21.7 Å². The molecule has 0 unspecified atom stereocenters. The fourth-order valence-electron chi connectivity index (χ4n) is 1.85. The van der Waals surface area contributed by atoms with Crippen molar-refractivity contribution in [3.8, 4) is 0 Å². The molecule has 1 aliphatic heterocycles. The monoisotopic (exact) mass is 255 g/mol. The molecule has 92 valence electrons. The van der Waals surface area contributed by atoms with Gasteiger partial charge in [-0.3, -0.25) is 4.90 Å². The van der Waals surface area contributed by atoms with Crippen molar-refractivity contribution in [3.05, 3.63) is 23.8 Å². The van der Waals surface area contributed by atoms with Gasteiger partial charge in [0.15, 0.2) is 0 Å². The van der Waals surface area contributed by atoms with Crippen LogP contribution in [0.25, 0.3) is 0 Å². The Hall–Kier alpha value is -1.60. The summed E-state index contributed by atoms with van der Waals surface area (Å²) in [7, 11) is -1.01. The number of rotatable bonds is 1. The first-order chi connectivity index (χ1) is 7.91. The van der Waals surface area contributed by atoms with Crippen molar-refractivity contribution < 1.29 is 13.2 Å². The number of hydrogen-bond acceptors (Lipinski definition) is 4. The summed E-state index contributed by atoms with van der Waals surface area (Å²) >= 11 is 0. The third kappa shape index (κ3) is 1.50. The Morgan fingerprint density at radius 2 is 1.94 bits per heavy atom. The molecular formula is C10H13N3O3S. The smallest absolute Gasteiger partial charge is 0.326 e. The van der Waals surface area contributed by atoms with Gasteiger partial charge in [0, 0.05) is 20.6 Å². The number of carbonyl (C=O) groups excluding carboxylic acids is 1. The van der Waals surface area contributed by atoms with Crippen LogP contribution in [0.15, 0.2) is 23.1 Å². The molecule has 0 atom stereocenters. The lowest BCUT2D eigenvalue weighted by atomic mass is 10.2. The fraction of sp³-hybridized carbons (Fsp3) is 0.300. The molecule has 1 aromatic carbocycles. The minimum absolute atomic E-state index is 0.109. The van der Waals surface area contributed by atoms with Crippen LogP contribution in [-0.2, 0) is 16.6 Å². The highest BCUT2D eigenvalue weighted by Gasteiger charge is 2.38. The topological polar surface area (TPSA) is 83.7 Å². The van der Waals surface area contributed by atoms with Crippen LogP contribution in [0, 0.1) is 0 Å². The summed E-state index contributed by atoms with van der Waals surface area (Å²) in [6, 6.07) is 4.35. The van der Waals surface area contributed by atoms with Crippen LogP contribution < -0.4 is 10.6 Å². The maximum atomic E-state index is 12.2. The Labute approximate surface area is 99.7 Å². The Morgan fingerprint density at radius 3 is 2.53 bits per heavy atom. The molecular weight excluding hydrogens is 242 g/mol. The van der Waals surface area contributed by atoms with E-state index >= 15 is 0 Å². The number of amides is 2. The third-order valence-electron chi connectivity index (χ3n) is 2.83. The summed E-state index contributed by atoms with van der Waals surface area (Å²) in [6.45, 7) is 0.109. The van der Waals surface area contributed by atoms with Gasteiger partial charge in [-0.15, -0.1) is 0 Å². The van der Waals surface area contributed by atoms with E-state index in [1.807, 2.05) is 0 Å². The number of carbonyl (C=O) groups is 1. The largest absolute Gasteiger partial charge is 0.337 e. The number of nitrogens with zero attached hydrogens (tertiary/aromatic N) is 2. The average molecular weight is 255 g/mol. The van der Waals surface area contributed by atoms with Gasteiger partial charge in [0.1, 0.15) is 4.90 Å². The second-order valence-electron chi connectivity index (χ2n) is 3.78. The first-order valence-corrected chi connectivity index (χ1v) is 6.44. The second-order valence-corrected chi connectivity index (χ2v) is 5.69. The highest BCUT2D eigenvalue weighted by molar-refractivity contribution is 7.90. The van der Waals surface area contributed by atoms with E-state index in [-0.39, 0.29) is 11.4 Å². The first-order valence-electron chi connectivity index (χ1n) is 5.00. The van der Waals surface area contributed by atoms with E-state index in [9.17, 15) is 13.2 Å². The molecule has 0 aliphatic carbocycles. The molecule has 6 nitrogen and oxygen atoms in total. The number of nitrogens with two attached hydrogens (primary N) is 1. The zero-order valence-electron chi connectivity index (χ0n) is 9.54. The highest BCUT2D eigenvalue weighted by Crippen LogP contribution is 2.34. The van der Waals surface area contributed by atoms with Crippen LogP contribution in [0.1, 0.15) is 5.56 Å². The van der Waals surface area contributed by atoms with Crippen molar-refractivity contribution in [1.29, 1.82) is 0 Å². The normalized spacial score (nSPS) is 18.2. The van der Waals surface area contributed by atoms with Gasteiger partial charge in [-0.25, -0.2) is 17.5 Å².